The van der Waals surface area contributed by atoms with Gasteiger partial charge in [0.05, 0.1) is 16.8 Å². The van der Waals surface area contributed by atoms with Crippen molar-refractivity contribution in [2.24, 2.45) is 0 Å². The molecule has 5 heteroatoms. The molecule has 1 aromatic carbocycles. The second kappa shape index (κ2) is 5.33. The highest BCUT2D eigenvalue weighted by Crippen LogP contribution is 2.28. The van der Waals surface area contributed by atoms with E-state index in [2.05, 4.69) is 20.9 Å². The van der Waals surface area contributed by atoms with Gasteiger partial charge in [-0.1, -0.05) is 0 Å². The Morgan fingerprint density at radius 3 is 2.94 bits per heavy atom. The zero-order chi connectivity index (χ0) is 12.3. The summed E-state index contributed by atoms with van der Waals surface area (Å²) in [6.45, 7) is 1.03. The molecule has 0 saturated heterocycles. The van der Waals surface area contributed by atoms with Crippen LogP contribution >= 0.6 is 15.9 Å². The lowest BCUT2D eigenvalue weighted by molar-refractivity contribution is 0.112. The minimum atomic E-state index is 0.490. The molecule has 0 spiro atoms. The first-order valence-electron chi connectivity index (χ1n) is 5.14. The smallest absolute Gasteiger partial charge is 0.153 e. The number of carbonyl (C=O) groups excluding carboxylic acids is 1. The summed E-state index contributed by atoms with van der Waals surface area (Å²) in [5, 5.41) is 0.849. The number of aromatic nitrogens is 1. The van der Waals surface area contributed by atoms with Crippen molar-refractivity contribution in [1.29, 1.82) is 0 Å². The van der Waals surface area contributed by atoms with Gasteiger partial charge in [-0.3, -0.25) is 4.79 Å². The molecule has 0 aliphatic rings. The van der Waals surface area contributed by atoms with E-state index in [0.29, 0.717) is 23.4 Å². The summed E-state index contributed by atoms with van der Waals surface area (Å²) in [5.41, 5.74) is 1.51. The molecule has 2 aromatic rings. The van der Waals surface area contributed by atoms with Crippen molar-refractivity contribution in [3.05, 3.63) is 28.4 Å². The van der Waals surface area contributed by atoms with Crippen molar-refractivity contribution >= 4 is 33.1 Å². The number of H-pyrrole nitrogens is 1. The summed E-state index contributed by atoms with van der Waals surface area (Å²) in [7, 11) is 1.63. The minimum absolute atomic E-state index is 0.490. The van der Waals surface area contributed by atoms with Crippen molar-refractivity contribution in [3.63, 3.8) is 0 Å². The number of ether oxygens (including phenoxy) is 2. The molecule has 0 radical (unpaired) electrons. The van der Waals surface area contributed by atoms with E-state index in [-0.39, 0.29) is 0 Å². The Morgan fingerprint density at radius 2 is 2.24 bits per heavy atom. The number of aromatic amines is 1. The number of benzene rings is 1. The molecule has 0 fully saturated rings. The molecule has 0 unspecified atom stereocenters. The fourth-order valence-corrected chi connectivity index (χ4v) is 2.13. The average Bonchev–Trinajstić information content (AvgIpc) is 2.64. The third-order valence-corrected chi connectivity index (χ3v) is 3.06. The highest BCUT2D eigenvalue weighted by Gasteiger charge is 2.09. The minimum Gasteiger partial charge on any atom is -0.491 e. The van der Waals surface area contributed by atoms with Crippen molar-refractivity contribution in [1.82, 2.24) is 4.98 Å². The number of methoxy groups -OCH3 is 1. The largest absolute Gasteiger partial charge is 0.491 e. The van der Waals surface area contributed by atoms with E-state index in [0.717, 1.165) is 22.9 Å². The number of carbonyl (C=O) groups is 1. The Kier molecular flexibility index (Phi) is 3.81. The third-order valence-electron chi connectivity index (χ3n) is 2.44. The van der Waals surface area contributed by atoms with Gasteiger partial charge in [0.1, 0.15) is 12.4 Å². The van der Waals surface area contributed by atoms with Gasteiger partial charge >= 0.3 is 0 Å². The number of halogens is 1. The van der Waals surface area contributed by atoms with Crippen LogP contribution in [0.2, 0.25) is 0 Å². The van der Waals surface area contributed by atoms with Gasteiger partial charge in [-0.15, -0.1) is 0 Å². The Morgan fingerprint density at radius 1 is 1.41 bits per heavy atom. The van der Waals surface area contributed by atoms with Crippen LogP contribution in [0.5, 0.6) is 5.75 Å². The Bertz CT molecular complexity index is 536. The highest BCUT2D eigenvalue weighted by molar-refractivity contribution is 9.10. The van der Waals surface area contributed by atoms with E-state index in [9.17, 15) is 4.79 Å². The first kappa shape index (κ1) is 12.1. The number of aldehydes is 1. The highest BCUT2D eigenvalue weighted by atomic mass is 79.9. The maximum Gasteiger partial charge on any atom is 0.153 e. The van der Waals surface area contributed by atoms with Crippen molar-refractivity contribution in [2.45, 2.75) is 0 Å². The van der Waals surface area contributed by atoms with Gasteiger partial charge < -0.3 is 14.5 Å². The molecule has 4 nitrogen and oxygen atoms in total. The zero-order valence-corrected chi connectivity index (χ0v) is 10.9. The lowest BCUT2D eigenvalue weighted by Crippen LogP contribution is -2.03. The second-order valence-corrected chi connectivity index (χ2v) is 4.31. The molecule has 2 rings (SSSR count). The number of nitrogens with one attached hydrogen (secondary N) is 1. The summed E-state index contributed by atoms with van der Waals surface area (Å²) in [6, 6.07) is 5.58. The number of hydrogen-bond acceptors (Lipinski definition) is 3. The standard InChI is InChI=1S/C12H12BrNO3/c1-16-4-5-17-8-2-3-11-9(6-8)10(7-15)12(13)14-11/h2-3,6-7,14H,4-5H2,1H3. The monoisotopic (exact) mass is 297 g/mol. The molecular weight excluding hydrogens is 286 g/mol. The number of fused-ring (bicyclic) bond motifs is 1. The predicted octanol–water partition coefficient (Wildman–Crippen LogP) is 2.77. The summed E-state index contributed by atoms with van der Waals surface area (Å²) >= 11 is 3.31. The first-order chi connectivity index (χ1) is 8.26. The predicted molar refractivity (Wildman–Crippen MR) is 68.8 cm³/mol. The van der Waals surface area contributed by atoms with Crippen LogP contribution in [-0.2, 0) is 4.74 Å². The Labute approximate surface area is 107 Å². The van der Waals surface area contributed by atoms with Gasteiger partial charge in [0.2, 0.25) is 0 Å². The molecule has 1 N–H and O–H groups in total. The Balaban J connectivity index is 2.31. The molecule has 0 saturated carbocycles. The number of rotatable bonds is 5. The maximum absolute atomic E-state index is 11.0. The van der Waals surface area contributed by atoms with E-state index < -0.39 is 0 Å². The van der Waals surface area contributed by atoms with E-state index in [4.69, 9.17) is 9.47 Å². The van der Waals surface area contributed by atoms with E-state index in [1.807, 2.05) is 18.2 Å². The number of hydrogen-bond donors (Lipinski definition) is 1. The second-order valence-electron chi connectivity index (χ2n) is 3.52. The molecule has 0 aliphatic carbocycles. The summed E-state index contributed by atoms with van der Waals surface area (Å²) in [5.74, 6) is 0.726. The SMILES string of the molecule is COCCOc1ccc2[nH]c(Br)c(C=O)c2c1. The summed E-state index contributed by atoms with van der Waals surface area (Å²) in [6.07, 6.45) is 0.821. The van der Waals surface area contributed by atoms with E-state index in [1.165, 1.54) is 0 Å². The maximum atomic E-state index is 11.0. The van der Waals surface area contributed by atoms with Crippen LogP contribution in [0.1, 0.15) is 10.4 Å². The van der Waals surface area contributed by atoms with Crippen molar-refractivity contribution < 1.29 is 14.3 Å². The van der Waals surface area contributed by atoms with Crippen LogP contribution in [0, 0.1) is 0 Å². The quantitative estimate of drug-likeness (QED) is 0.682. The summed E-state index contributed by atoms with van der Waals surface area (Å²) in [4.78, 5) is 14.0. The van der Waals surface area contributed by atoms with E-state index >= 15 is 0 Å². The van der Waals surface area contributed by atoms with Crippen LogP contribution in [0.3, 0.4) is 0 Å². The molecule has 1 heterocycles. The fourth-order valence-electron chi connectivity index (χ4n) is 1.61. The molecule has 90 valence electrons. The molecule has 0 atom stereocenters. The van der Waals surface area contributed by atoms with Crippen LogP contribution in [0.15, 0.2) is 22.8 Å². The fraction of sp³-hybridized carbons (Fsp3) is 0.250. The van der Waals surface area contributed by atoms with Gasteiger partial charge in [0, 0.05) is 18.0 Å². The molecule has 0 aliphatic heterocycles. The van der Waals surface area contributed by atoms with Crippen LogP contribution in [-0.4, -0.2) is 31.6 Å². The average molecular weight is 298 g/mol. The van der Waals surface area contributed by atoms with Gasteiger partial charge in [-0.2, -0.15) is 0 Å². The lowest BCUT2D eigenvalue weighted by Gasteiger charge is -2.05. The lowest BCUT2D eigenvalue weighted by atomic mass is 10.2. The van der Waals surface area contributed by atoms with Gasteiger partial charge in [0.15, 0.2) is 6.29 Å². The van der Waals surface area contributed by atoms with Crippen molar-refractivity contribution in [2.75, 3.05) is 20.3 Å². The normalized spacial score (nSPS) is 10.7. The van der Waals surface area contributed by atoms with Crippen LogP contribution < -0.4 is 4.74 Å². The third kappa shape index (κ3) is 2.50. The van der Waals surface area contributed by atoms with Crippen molar-refractivity contribution in [3.8, 4) is 5.75 Å². The van der Waals surface area contributed by atoms with Crippen LogP contribution in [0.4, 0.5) is 0 Å². The molecule has 1 aromatic heterocycles. The summed E-state index contributed by atoms with van der Waals surface area (Å²) < 4.78 is 11.1. The molecule has 17 heavy (non-hydrogen) atoms. The Hall–Kier alpha value is -1.33. The zero-order valence-electron chi connectivity index (χ0n) is 9.33. The van der Waals surface area contributed by atoms with Gasteiger partial charge in [-0.05, 0) is 34.1 Å². The first-order valence-corrected chi connectivity index (χ1v) is 5.93. The topological polar surface area (TPSA) is 51.3 Å². The molecule has 0 bridgehead atoms. The van der Waals surface area contributed by atoms with Gasteiger partial charge in [-0.25, -0.2) is 0 Å². The van der Waals surface area contributed by atoms with Crippen LogP contribution in [0.25, 0.3) is 10.9 Å². The molecular formula is C12H12BrNO3. The van der Waals surface area contributed by atoms with Gasteiger partial charge in [0.25, 0.3) is 0 Å². The van der Waals surface area contributed by atoms with E-state index in [1.54, 1.807) is 7.11 Å². The molecule has 0 amide bonds.